The van der Waals surface area contributed by atoms with E-state index < -0.39 is 24.6 Å². The third-order valence-electron chi connectivity index (χ3n) is 5.99. The number of benzene rings is 2. The molecule has 10 nitrogen and oxygen atoms in total. The Bertz CT molecular complexity index is 1710. The van der Waals surface area contributed by atoms with Gasteiger partial charge in [-0.2, -0.15) is 0 Å². The largest absolute Gasteiger partial charge is 0.493 e. The fourth-order valence-corrected chi connectivity index (χ4v) is 6.07. The maximum atomic E-state index is 13.9. The highest BCUT2D eigenvalue weighted by Gasteiger charge is 2.34. The number of aliphatic carboxylic acids is 1. The number of ether oxygens (including phenoxy) is 4. The highest BCUT2D eigenvalue weighted by atomic mass is 127. The molecule has 0 fully saturated rings. The molecule has 1 atom stereocenters. The van der Waals surface area contributed by atoms with Crippen LogP contribution in [0.15, 0.2) is 57.5 Å². The number of nitrogens with zero attached hydrogens (tertiary/aromatic N) is 2. The van der Waals surface area contributed by atoms with Crippen LogP contribution in [0, 0.1) is 3.57 Å². The van der Waals surface area contributed by atoms with Gasteiger partial charge in [0.2, 0.25) is 0 Å². The van der Waals surface area contributed by atoms with Crippen molar-refractivity contribution in [1.82, 2.24) is 4.57 Å². The summed E-state index contributed by atoms with van der Waals surface area (Å²) >= 11 is 3.26. The minimum Gasteiger partial charge on any atom is -0.493 e. The molecule has 1 aliphatic rings. The quantitative estimate of drug-likeness (QED) is 0.252. The molecule has 0 spiro atoms. The zero-order valence-electron chi connectivity index (χ0n) is 23.1. The minimum absolute atomic E-state index is 0.0782. The first kappa shape index (κ1) is 30.3. The average molecular weight is 693 g/mol. The van der Waals surface area contributed by atoms with E-state index in [-0.39, 0.29) is 23.8 Å². The smallest absolute Gasteiger partial charge is 0.341 e. The third kappa shape index (κ3) is 6.64. The summed E-state index contributed by atoms with van der Waals surface area (Å²) in [6, 6.07) is 9.71. The summed E-state index contributed by atoms with van der Waals surface area (Å²) in [5.41, 5.74) is 1.75. The summed E-state index contributed by atoms with van der Waals surface area (Å²) in [5, 5.41) is 8.88. The van der Waals surface area contributed by atoms with E-state index in [1.54, 1.807) is 56.3 Å². The lowest BCUT2D eigenvalue weighted by Gasteiger charge is -2.25. The number of carboxylic acid groups (broad SMARTS) is 1. The molecule has 3 aromatic rings. The summed E-state index contributed by atoms with van der Waals surface area (Å²) in [5.74, 6) is -0.183. The number of fused-ring (bicyclic) bond motifs is 1. The van der Waals surface area contributed by atoms with Crippen molar-refractivity contribution in [2.24, 2.45) is 4.99 Å². The van der Waals surface area contributed by atoms with Gasteiger partial charge in [-0.3, -0.25) is 9.36 Å². The van der Waals surface area contributed by atoms with E-state index in [2.05, 4.69) is 27.6 Å². The predicted molar refractivity (Wildman–Crippen MR) is 161 cm³/mol. The Labute approximate surface area is 253 Å². The first-order valence-corrected chi connectivity index (χ1v) is 14.6. The van der Waals surface area contributed by atoms with Crippen molar-refractivity contribution in [2.75, 3.05) is 20.3 Å². The molecule has 2 heterocycles. The van der Waals surface area contributed by atoms with Gasteiger partial charge >= 0.3 is 11.9 Å². The highest BCUT2D eigenvalue weighted by Crippen LogP contribution is 2.36. The second-order valence-corrected chi connectivity index (χ2v) is 11.4. The zero-order chi connectivity index (χ0) is 29.8. The maximum absolute atomic E-state index is 13.9. The summed E-state index contributed by atoms with van der Waals surface area (Å²) in [6.45, 7) is 6.98. The fourth-order valence-electron chi connectivity index (χ4n) is 4.33. The molecule has 41 heavy (non-hydrogen) atoms. The SMILES string of the molecule is CCOC(=O)C1=C(C)N=c2s/c(=C\c3ccc(OCC(=O)O)c(I)c3)c(=O)n2[C@H]1c1ccc(OC(C)C)c(OC)c1. The van der Waals surface area contributed by atoms with Gasteiger partial charge in [0.05, 0.1) is 45.2 Å². The Morgan fingerprint density at radius 2 is 1.90 bits per heavy atom. The number of rotatable bonds is 10. The number of thiazole rings is 1. The van der Waals surface area contributed by atoms with E-state index >= 15 is 0 Å². The molecular formula is C29H29IN2O8S. The predicted octanol–water partition coefficient (Wildman–Crippen LogP) is 3.66. The molecule has 1 N–H and O–H groups in total. The number of carboxylic acids is 1. The lowest BCUT2D eigenvalue weighted by atomic mass is 9.95. The Morgan fingerprint density at radius 3 is 2.54 bits per heavy atom. The summed E-state index contributed by atoms with van der Waals surface area (Å²) in [4.78, 5) is 43.0. The second kappa shape index (κ2) is 12.9. The number of hydrogen-bond acceptors (Lipinski definition) is 9. The van der Waals surface area contributed by atoms with Gasteiger partial charge in [-0.1, -0.05) is 23.5 Å². The molecule has 0 radical (unpaired) electrons. The average Bonchev–Trinajstić information content (AvgIpc) is 3.21. The van der Waals surface area contributed by atoms with Crippen molar-refractivity contribution < 1.29 is 33.6 Å². The molecule has 12 heteroatoms. The van der Waals surface area contributed by atoms with Crippen LogP contribution in [0.5, 0.6) is 17.2 Å². The highest BCUT2D eigenvalue weighted by molar-refractivity contribution is 14.1. The summed E-state index contributed by atoms with van der Waals surface area (Å²) in [7, 11) is 1.53. The van der Waals surface area contributed by atoms with Crippen molar-refractivity contribution in [3.63, 3.8) is 0 Å². The van der Waals surface area contributed by atoms with Crippen molar-refractivity contribution in [1.29, 1.82) is 0 Å². The van der Waals surface area contributed by atoms with Gasteiger partial charge in [0, 0.05) is 0 Å². The molecule has 0 aliphatic carbocycles. The van der Waals surface area contributed by atoms with Crippen LogP contribution in [-0.2, 0) is 14.3 Å². The van der Waals surface area contributed by atoms with Crippen molar-refractivity contribution >= 4 is 51.9 Å². The zero-order valence-corrected chi connectivity index (χ0v) is 26.1. The van der Waals surface area contributed by atoms with Crippen molar-refractivity contribution in [3.05, 3.63) is 82.1 Å². The Balaban J connectivity index is 1.86. The normalized spacial score (nSPS) is 14.9. The van der Waals surface area contributed by atoms with Crippen molar-refractivity contribution in [3.8, 4) is 17.2 Å². The van der Waals surface area contributed by atoms with Crippen molar-refractivity contribution in [2.45, 2.75) is 39.8 Å². The number of halogens is 1. The van der Waals surface area contributed by atoms with Gasteiger partial charge in [0.15, 0.2) is 22.9 Å². The molecule has 1 aromatic heterocycles. The molecule has 4 rings (SSSR count). The molecule has 0 amide bonds. The molecular weight excluding hydrogens is 663 g/mol. The van der Waals surface area contributed by atoms with Crippen LogP contribution in [-0.4, -0.2) is 48.0 Å². The number of esters is 1. The molecule has 2 aromatic carbocycles. The van der Waals surface area contributed by atoms with Gasteiger partial charge in [-0.25, -0.2) is 14.6 Å². The monoisotopic (exact) mass is 692 g/mol. The second-order valence-electron chi connectivity index (χ2n) is 9.25. The van der Waals surface area contributed by atoms with Gasteiger partial charge in [0.1, 0.15) is 5.75 Å². The fraction of sp³-hybridized carbons (Fsp3) is 0.310. The van der Waals surface area contributed by atoms with E-state index in [4.69, 9.17) is 24.1 Å². The Morgan fingerprint density at radius 1 is 1.17 bits per heavy atom. The number of methoxy groups -OCH3 is 1. The van der Waals surface area contributed by atoms with Crippen LogP contribution in [0.4, 0.5) is 0 Å². The number of hydrogen-bond donors (Lipinski definition) is 1. The number of carbonyl (C=O) groups excluding carboxylic acids is 1. The van der Waals surface area contributed by atoms with Crippen LogP contribution in [0.25, 0.3) is 6.08 Å². The van der Waals surface area contributed by atoms with E-state index in [9.17, 15) is 14.4 Å². The van der Waals surface area contributed by atoms with Crippen LogP contribution >= 0.6 is 33.9 Å². The van der Waals surface area contributed by atoms with Gasteiger partial charge in [0.25, 0.3) is 5.56 Å². The van der Waals surface area contributed by atoms with Gasteiger partial charge in [-0.15, -0.1) is 0 Å². The van der Waals surface area contributed by atoms with Crippen LogP contribution < -0.4 is 29.1 Å². The molecule has 0 unspecified atom stereocenters. The molecule has 216 valence electrons. The maximum Gasteiger partial charge on any atom is 0.341 e. The van der Waals surface area contributed by atoms with E-state index in [0.29, 0.717) is 41.4 Å². The molecule has 0 saturated carbocycles. The third-order valence-corrected chi connectivity index (χ3v) is 7.81. The standard InChI is InChI=1S/C29H29IN2O8S/c1-6-38-28(36)25-16(4)31-29-32(26(25)18-8-10-21(40-15(2)3)22(13-18)37-5)27(35)23(41-29)12-17-7-9-20(19(30)11-17)39-14-24(33)34/h7-13,15,26H,6,14H2,1-5H3,(H,33,34)/b23-12-/t26-/m0/s1. The van der Waals surface area contributed by atoms with E-state index in [1.807, 2.05) is 13.8 Å². The first-order chi connectivity index (χ1) is 19.5. The first-order valence-electron chi connectivity index (χ1n) is 12.7. The summed E-state index contributed by atoms with van der Waals surface area (Å²) < 4.78 is 24.7. The lowest BCUT2D eigenvalue weighted by Crippen LogP contribution is -2.40. The summed E-state index contributed by atoms with van der Waals surface area (Å²) in [6.07, 6.45) is 1.65. The van der Waals surface area contributed by atoms with E-state index in [0.717, 1.165) is 5.56 Å². The van der Waals surface area contributed by atoms with Crippen LogP contribution in [0.2, 0.25) is 0 Å². The van der Waals surface area contributed by atoms with Gasteiger partial charge < -0.3 is 24.1 Å². The molecule has 0 bridgehead atoms. The minimum atomic E-state index is -1.07. The topological polar surface area (TPSA) is 126 Å². The molecule has 1 aliphatic heterocycles. The van der Waals surface area contributed by atoms with E-state index in [1.165, 1.54) is 23.0 Å². The number of aromatic nitrogens is 1. The number of carbonyl (C=O) groups is 2. The number of allylic oxidation sites excluding steroid dienone is 1. The Hall–Kier alpha value is -3.65. The Kier molecular flexibility index (Phi) is 9.53. The molecule has 0 saturated heterocycles. The van der Waals surface area contributed by atoms with Gasteiger partial charge in [-0.05, 0) is 91.8 Å². The van der Waals surface area contributed by atoms with Crippen LogP contribution in [0.3, 0.4) is 0 Å². The van der Waals surface area contributed by atoms with Crippen LogP contribution in [0.1, 0.15) is 44.9 Å². The lowest BCUT2D eigenvalue weighted by molar-refractivity contribution is -0.140.